The first-order chi connectivity index (χ1) is 13.2. The number of carbonyl (C=O) groups is 2. The van der Waals surface area contributed by atoms with Crippen LogP contribution in [-0.2, 0) is 4.79 Å². The first kappa shape index (κ1) is 19.4. The lowest BCUT2D eigenvalue weighted by molar-refractivity contribution is -0.402. The van der Waals surface area contributed by atoms with Crippen molar-refractivity contribution >= 4 is 29.1 Å². The van der Waals surface area contributed by atoms with Crippen molar-refractivity contribution in [2.45, 2.75) is 27.2 Å². The molecule has 1 aliphatic heterocycles. The molecule has 1 aromatic heterocycles. The Morgan fingerprint density at radius 3 is 2.71 bits per heavy atom. The Labute approximate surface area is 161 Å². The molecule has 0 aliphatic carbocycles. The summed E-state index contributed by atoms with van der Waals surface area (Å²) in [4.78, 5) is 36.8. The number of amides is 2. The van der Waals surface area contributed by atoms with Crippen LogP contribution in [0.1, 0.15) is 37.7 Å². The number of fused-ring (bicyclic) bond motifs is 1. The van der Waals surface area contributed by atoms with Crippen LogP contribution in [0.25, 0.3) is 0 Å². The largest absolute Gasteiger partial charge is 0.490 e. The number of nitro groups is 1. The maximum absolute atomic E-state index is 12.8. The van der Waals surface area contributed by atoms with Crippen LogP contribution in [0.4, 0.5) is 17.3 Å². The van der Waals surface area contributed by atoms with Gasteiger partial charge in [-0.1, -0.05) is 6.92 Å². The molecular weight excluding hydrogens is 366 g/mol. The summed E-state index contributed by atoms with van der Waals surface area (Å²) in [6.07, 6.45) is 0.789. The van der Waals surface area contributed by atoms with Gasteiger partial charge in [0.15, 0.2) is 5.76 Å². The molecule has 0 saturated heterocycles. The van der Waals surface area contributed by atoms with Gasteiger partial charge in [-0.15, -0.1) is 0 Å². The zero-order chi connectivity index (χ0) is 20.5. The van der Waals surface area contributed by atoms with Crippen molar-refractivity contribution in [3.05, 3.63) is 46.2 Å². The molecule has 1 aliphatic rings. The van der Waals surface area contributed by atoms with Crippen molar-refractivity contribution in [3.8, 4) is 5.75 Å². The topological polar surface area (TPSA) is 115 Å². The number of carbonyl (C=O) groups excluding carboxylic acids is 2. The molecule has 0 fully saturated rings. The zero-order valence-electron chi connectivity index (χ0n) is 15.9. The maximum Gasteiger partial charge on any atom is 0.433 e. The number of hydrogen-bond acceptors (Lipinski definition) is 6. The molecule has 28 heavy (non-hydrogen) atoms. The average molecular weight is 387 g/mol. The summed E-state index contributed by atoms with van der Waals surface area (Å²) in [5.41, 5.74) is 0.389. The van der Waals surface area contributed by atoms with Gasteiger partial charge in [-0.3, -0.25) is 19.7 Å². The third-order valence-electron chi connectivity index (χ3n) is 4.36. The van der Waals surface area contributed by atoms with E-state index in [4.69, 9.17) is 9.15 Å². The van der Waals surface area contributed by atoms with Crippen LogP contribution in [0.3, 0.4) is 0 Å². The highest BCUT2D eigenvalue weighted by Crippen LogP contribution is 2.38. The predicted molar refractivity (Wildman–Crippen MR) is 102 cm³/mol. The minimum Gasteiger partial charge on any atom is -0.490 e. The fourth-order valence-electron chi connectivity index (χ4n) is 2.91. The minimum atomic E-state index is -0.714. The third-order valence-corrected chi connectivity index (χ3v) is 4.36. The molecule has 1 aromatic carbocycles. The fraction of sp³-hybridized carbons (Fsp3) is 0.368. The van der Waals surface area contributed by atoms with Crippen molar-refractivity contribution in [1.29, 1.82) is 0 Å². The first-order valence-corrected chi connectivity index (χ1v) is 8.87. The Morgan fingerprint density at radius 2 is 2.07 bits per heavy atom. The molecule has 1 N–H and O–H groups in total. The van der Waals surface area contributed by atoms with E-state index >= 15 is 0 Å². The van der Waals surface area contributed by atoms with E-state index in [0.717, 1.165) is 12.5 Å². The number of rotatable bonds is 5. The summed E-state index contributed by atoms with van der Waals surface area (Å²) in [7, 11) is 0. The predicted octanol–water partition coefficient (Wildman–Crippen LogP) is 3.60. The Balaban J connectivity index is 1.86. The van der Waals surface area contributed by atoms with E-state index in [1.165, 1.54) is 6.07 Å². The van der Waals surface area contributed by atoms with Crippen molar-refractivity contribution in [1.82, 2.24) is 0 Å². The SMILES string of the molecule is CCCN1C(=O)C(C)(C)COc2cc(NC(=O)c3ccc([N+](=O)[O-])o3)ccc21. The number of benzene rings is 1. The molecular formula is C19H21N3O6. The number of anilines is 2. The smallest absolute Gasteiger partial charge is 0.433 e. The van der Waals surface area contributed by atoms with Gasteiger partial charge in [-0.2, -0.15) is 0 Å². The van der Waals surface area contributed by atoms with Crippen LogP contribution in [0, 0.1) is 15.5 Å². The number of furan rings is 1. The van der Waals surface area contributed by atoms with Crippen LogP contribution >= 0.6 is 0 Å². The van der Waals surface area contributed by atoms with Gasteiger partial charge in [0.25, 0.3) is 5.91 Å². The summed E-state index contributed by atoms with van der Waals surface area (Å²) in [6, 6.07) is 7.33. The van der Waals surface area contributed by atoms with E-state index in [0.29, 0.717) is 23.7 Å². The molecule has 0 bridgehead atoms. The van der Waals surface area contributed by atoms with Gasteiger partial charge in [0.1, 0.15) is 17.3 Å². The van der Waals surface area contributed by atoms with Crippen LogP contribution in [-0.4, -0.2) is 29.9 Å². The molecule has 2 aromatic rings. The molecule has 0 spiro atoms. The highest BCUT2D eigenvalue weighted by Gasteiger charge is 2.37. The molecule has 2 heterocycles. The molecule has 9 nitrogen and oxygen atoms in total. The van der Waals surface area contributed by atoms with E-state index in [-0.39, 0.29) is 18.3 Å². The summed E-state index contributed by atoms with van der Waals surface area (Å²) < 4.78 is 10.8. The summed E-state index contributed by atoms with van der Waals surface area (Å²) >= 11 is 0. The van der Waals surface area contributed by atoms with Crippen molar-refractivity contribution in [2.24, 2.45) is 5.41 Å². The van der Waals surface area contributed by atoms with Crippen molar-refractivity contribution in [2.75, 3.05) is 23.4 Å². The highest BCUT2D eigenvalue weighted by atomic mass is 16.6. The highest BCUT2D eigenvalue weighted by molar-refractivity contribution is 6.03. The van der Waals surface area contributed by atoms with E-state index in [2.05, 4.69) is 5.32 Å². The van der Waals surface area contributed by atoms with Gasteiger partial charge >= 0.3 is 5.88 Å². The molecule has 0 unspecified atom stereocenters. The van der Waals surface area contributed by atoms with Gasteiger partial charge in [0, 0.05) is 18.3 Å². The third kappa shape index (κ3) is 3.68. The second kappa shape index (κ2) is 7.34. The molecule has 0 atom stereocenters. The Morgan fingerprint density at radius 1 is 1.32 bits per heavy atom. The Kier molecular flexibility index (Phi) is 5.08. The maximum atomic E-state index is 12.8. The fourth-order valence-corrected chi connectivity index (χ4v) is 2.91. The quantitative estimate of drug-likeness (QED) is 0.619. The lowest BCUT2D eigenvalue weighted by Gasteiger charge is -2.27. The Bertz CT molecular complexity index is 934. The van der Waals surface area contributed by atoms with Crippen LogP contribution < -0.4 is 15.0 Å². The summed E-state index contributed by atoms with van der Waals surface area (Å²) in [5.74, 6) is -0.843. The Hall–Kier alpha value is -3.36. The molecule has 148 valence electrons. The van der Waals surface area contributed by atoms with Gasteiger partial charge in [-0.25, -0.2) is 0 Å². The van der Waals surface area contributed by atoms with Gasteiger partial charge in [0.05, 0.1) is 17.2 Å². The number of nitrogens with zero attached hydrogens (tertiary/aromatic N) is 2. The van der Waals surface area contributed by atoms with E-state index in [9.17, 15) is 19.7 Å². The van der Waals surface area contributed by atoms with E-state index in [1.807, 2.05) is 20.8 Å². The summed E-state index contributed by atoms with van der Waals surface area (Å²) in [6.45, 7) is 6.41. The number of hydrogen-bond donors (Lipinski definition) is 1. The zero-order valence-corrected chi connectivity index (χ0v) is 15.9. The van der Waals surface area contributed by atoms with E-state index in [1.54, 1.807) is 23.1 Å². The van der Waals surface area contributed by atoms with Crippen LogP contribution in [0.2, 0.25) is 0 Å². The van der Waals surface area contributed by atoms with E-state index < -0.39 is 22.1 Å². The second-order valence-electron chi connectivity index (χ2n) is 7.16. The van der Waals surface area contributed by atoms with Gasteiger partial charge in [0.2, 0.25) is 5.91 Å². The number of ether oxygens (including phenoxy) is 1. The van der Waals surface area contributed by atoms with Crippen LogP contribution in [0.15, 0.2) is 34.7 Å². The average Bonchev–Trinajstić information content (AvgIpc) is 3.12. The normalized spacial score (nSPS) is 15.4. The van der Waals surface area contributed by atoms with Crippen LogP contribution in [0.5, 0.6) is 5.75 Å². The van der Waals surface area contributed by atoms with Gasteiger partial charge in [-0.05, 0) is 38.5 Å². The molecule has 0 saturated carbocycles. The monoisotopic (exact) mass is 387 g/mol. The van der Waals surface area contributed by atoms with Crippen molar-refractivity contribution in [3.63, 3.8) is 0 Å². The molecule has 9 heteroatoms. The standard InChI is InChI=1S/C19H21N3O6/c1-4-9-21-13-6-5-12(10-15(13)27-11-19(2,3)18(21)24)20-17(23)14-7-8-16(28-14)22(25)26/h5-8,10H,4,9,11H2,1-3H3,(H,20,23). The number of nitrogens with one attached hydrogen (secondary N) is 1. The second-order valence-corrected chi connectivity index (χ2v) is 7.16. The minimum absolute atomic E-state index is 0.0206. The summed E-state index contributed by atoms with van der Waals surface area (Å²) in [5, 5.41) is 13.3. The lowest BCUT2D eigenvalue weighted by atomic mass is 9.93. The molecule has 0 radical (unpaired) electrons. The molecule has 2 amide bonds. The van der Waals surface area contributed by atoms with Crippen molar-refractivity contribution < 1.29 is 23.7 Å². The molecule has 3 rings (SSSR count). The first-order valence-electron chi connectivity index (χ1n) is 8.87. The lowest BCUT2D eigenvalue weighted by Crippen LogP contribution is -2.42. The van der Waals surface area contributed by atoms with Gasteiger partial charge < -0.3 is 19.4 Å².